The van der Waals surface area contributed by atoms with Gasteiger partial charge in [0.15, 0.2) is 0 Å². The number of carboxylic acids is 1. The highest BCUT2D eigenvalue weighted by Crippen LogP contribution is 2.08. The van der Waals surface area contributed by atoms with E-state index in [2.05, 4.69) is 13.2 Å². The van der Waals surface area contributed by atoms with Crippen LogP contribution in [0, 0.1) is 0 Å². The van der Waals surface area contributed by atoms with Gasteiger partial charge in [-0.15, -0.1) is 0 Å². The molecule has 0 saturated carbocycles. The fourth-order valence-electron chi connectivity index (χ4n) is 1.03. The zero-order valence-corrected chi connectivity index (χ0v) is 9.78. The molecule has 0 fully saturated rings. The number of hydrogen-bond donors (Lipinski definition) is 2. The monoisotopic (exact) mass is 242 g/mol. The van der Waals surface area contributed by atoms with Crippen LogP contribution in [0.15, 0.2) is 24.3 Å². The molecule has 0 spiro atoms. The third-order valence-electron chi connectivity index (χ3n) is 2.11. The highest BCUT2D eigenvalue weighted by molar-refractivity contribution is 5.88. The van der Waals surface area contributed by atoms with Crippen molar-refractivity contribution in [2.45, 2.75) is 25.7 Å². The number of ether oxygens (including phenoxy) is 1. The van der Waals surface area contributed by atoms with E-state index >= 15 is 0 Å². The third-order valence-corrected chi connectivity index (χ3v) is 2.11. The van der Waals surface area contributed by atoms with Crippen molar-refractivity contribution < 1.29 is 24.5 Å². The highest BCUT2D eigenvalue weighted by atomic mass is 16.5. The first kappa shape index (κ1) is 15.4. The molecule has 0 saturated heterocycles. The number of aliphatic hydroxyl groups excluding tert-OH is 1. The molecule has 96 valence electrons. The maximum absolute atomic E-state index is 11.3. The molecule has 0 aromatic heterocycles. The van der Waals surface area contributed by atoms with Gasteiger partial charge in [0.2, 0.25) is 0 Å². The van der Waals surface area contributed by atoms with Crippen molar-refractivity contribution in [1.29, 1.82) is 0 Å². The van der Waals surface area contributed by atoms with Gasteiger partial charge in [-0.1, -0.05) is 13.2 Å². The second-order valence-corrected chi connectivity index (χ2v) is 3.58. The Kier molecular flexibility index (Phi) is 7.71. The Morgan fingerprint density at radius 3 is 2.24 bits per heavy atom. The molecule has 0 aliphatic carbocycles. The van der Waals surface area contributed by atoms with Crippen LogP contribution in [-0.2, 0) is 14.3 Å². The fraction of sp³-hybridized carbons (Fsp3) is 0.500. The number of carboxylic acid groups (broad SMARTS) is 1. The fourth-order valence-corrected chi connectivity index (χ4v) is 1.03. The van der Waals surface area contributed by atoms with Gasteiger partial charge in [0.25, 0.3) is 0 Å². The number of carbonyl (C=O) groups excluding carboxylic acids is 1. The molecular formula is C12H18O5. The Morgan fingerprint density at radius 1 is 1.06 bits per heavy atom. The van der Waals surface area contributed by atoms with E-state index in [-0.39, 0.29) is 25.2 Å². The smallest absolute Gasteiger partial charge is 0.333 e. The lowest BCUT2D eigenvalue weighted by Gasteiger charge is -2.06. The third kappa shape index (κ3) is 7.30. The Bertz CT molecular complexity index is 306. The molecule has 17 heavy (non-hydrogen) atoms. The first-order chi connectivity index (χ1) is 7.99. The van der Waals surface area contributed by atoms with E-state index in [1.807, 2.05) is 0 Å². The average Bonchev–Trinajstić information content (AvgIpc) is 2.28. The summed E-state index contributed by atoms with van der Waals surface area (Å²) in [4.78, 5) is 21.7. The van der Waals surface area contributed by atoms with Crippen molar-refractivity contribution in [2.75, 3.05) is 13.2 Å². The molecule has 5 heteroatoms. The summed E-state index contributed by atoms with van der Waals surface area (Å²) >= 11 is 0. The van der Waals surface area contributed by atoms with Gasteiger partial charge in [0, 0.05) is 24.2 Å². The molecule has 0 bridgehead atoms. The zero-order valence-electron chi connectivity index (χ0n) is 9.78. The number of aliphatic carboxylic acids is 1. The van der Waals surface area contributed by atoms with Crippen molar-refractivity contribution >= 4 is 11.9 Å². The van der Waals surface area contributed by atoms with Gasteiger partial charge in [-0.25, -0.2) is 9.59 Å². The Balaban J connectivity index is 3.75. The molecule has 0 rings (SSSR count). The van der Waals surface area contributed by atoms with Crippen LogP contribution >= 0.6 is 0 Å². The Hall–Kier alpha value is -1.62. The van der Waals surface area contributed by atoms with Crippen molar-refractivity contribution in [2.24, 2.45) is 0 Å². The summed E-state index contributed by atoms with van der Waals surface area (Å²) in [6.07, 6.45) is 1.86. The van der Waals surface area contributed by atoms with E-state index in [4.69, 9.17) is 14.9 Å². The second-order valence-electron chi connectivity index (χ2n) is 3.58. The van der Waals surface area contributed by atoms with E-state index in [0.29, 0.717) is 24.8 Å². The molecule has 2 N–H and O–H groups in total. The predicted octanol–water partition coefficient (Wildman–Crippen LogP) is 1.28. The van der Waals surface area contributed by atoms with E-state index in [9.17, 15) is 9.59 Å². The largest absolute Gasteiger partial charge is 0.478 e. The molecule has 5 nitrogen and oxygen atoms in total. The van der Waals surface area contributed by atoms with Crippen molar-refractivity contribution in [3.8, 4) is 0 Å². The summed E-state index contributed by atoms with van der Waals surface area (Å²) in [7, 11) is 0. The minimum atomic E-state index is -1.09. The van der Waals surface area contributed by atoms with Crippen LogP contribution in [0.5, 0.6) is 0 Å². The molecule has 0 radical (unpaired) electrons. The second kappa shape index (κ2) is 8.52. The average molecular weight is 242 g/mol. The van der Waals surface area contributed by atoms with Gasteiger partial charge in [-0.2, -0.15) is 0 Å². The SMILES string of the molecule is C=C(CCOC(=O)C(=C)CCCCO)C(=O)O. The van der Waals surface area contributed by atoms with Crippen LogP contribution in [0.2, 0.25) is 0 Å². The Morgan fingerprint density at radius 2 is 1.71 bits per heavy atom. The van der Waals surface area contributed by atoms with Gasteiger partial charge >= 0.3 is 11.9 Å². The summed E-state index contributed by atoms with van der Waals surface area (Å²) < 4.78 is 4.83. The molecule has 0 atom stereocenters. The maximum Gasteiger partial charge on any atom is 0.333 e. The number of unbranched alkanes of at least 4 members (excludes halogenated alkanes) is 1. The van der Waals surface area contributed by atoms with E-state index < -0.39 is 11.9 Å². The molecule has 0 amide bonds. The number of hydrogen-bond acceptors (Lipinski definition) is 4. The summed E-state index contributed by atoms with van der Waals surface area (Å²) in [6.45, 7) is 6.95. The lowest BCUT2D eigenvalue weighted by atomic mass is 10.1. The van der Waals surface area contributed by atoms with E-state index in [0.717, 1.165) is 0 Å². The van der Waals surface area contributed by atoms with Crippen LogP contribution in [0.3, 0.4) is 0 Å². The number of aliphatic hydroxyl groups is 1. The molecule has 0 heterocycles. The minimum absolute atomic E-state index is 0.00342. The molecule has 0 unspecified atom stereocenters. The molecular weight excluding hydrogens is 224 g/mol. The van der Waals surface area contributed by atoms with E-state index in [1.54, 1.807) is 0 Å². The maximum atomic E-state index is 11.3. The first-order valence-corrected chi connectivity index (χ1v) is 5.36. The summed E-state index contributed by atoms with van der Waals surface area (Å²) in [5, 5.41) is 17.1. The van der Waals surface area contributed by atoms with Crippen LogP contribution < -0.4 is 0 Å². The quantitative estimate of drug-likeness (QED) is 0.361. The minimum Gasteiger partial charge on any atom is -0.478 e. The van der Waals surface area contributed by atoms with Gasteiger partial charge in [0.05, 0.1) is 6.61 Å². The van der Waals surface area contributed by atoms with Crippen LogP contribution in [0.25, 0.3) is 0 Å². The molecule has 0 aliphatic rings. The predicted molar refractivity (Wildman–Crippen MR) is 62.4 cm³/mol. The summed E-state index contributed by atoms with van der Waals surface area (Å²) in [5.41, 5.74) is 0.336. The topological polar surface area (TPSA) is 83.8 Å². The van der Waals surface area contributed by atoms with Crippen LogP contribution in [-0.4, -0.2) is 35.4 Å². The number of rotatable bonds is 9. The molecule has 0 aromatic carbocycles. The van der Waals surface area contributed by atoms with E-state index in [1.165, 1.54) is 0 Å². The van der Waals surface area contributed by atoms with Crippen LogP contribution in [0.1, 0.15) is 25.7 Å². The first-order valence-electron chi connectivity index (χ1n) is 5.36. The van der Waals surface area contributed by atoms with Gasteiger partial charge < -0.3 is 14.9 Å². The van der Waals surface area contributed by atoms with Crippen molar-refractivity contribution in [1.82, 2.24) is 0 Å². The van der Waals surface area contributed by atoms with Gasteiger partial charge in [-0.3, -0.25) is 0 Å². The summed E-state index contributed by atoms with van der Waals surface area (Å²) in [5.74, 6) is -1.62. The zero-order chi connectivity index (χ0) is 13.3. The van der Waals surface area contributed by atoms with Crippen LogP contribution in [0.4, 0.5) is 0 Å². The van der Waals surface area contributed by atoms with Gasteiger partial charge in [-0.05, 0) is 19.3 Å². The van der Waals surface area contributed by atoms with Gasteiger partial charge in [0.1, 0.15) is 0 Å². The van der Waals surface area contributed by atoms with Crippen molar-refractivity contribution in [3.63, 3.8) is 0 Å². The number of carbonyl (C=O) groups is 2. The number of esters is 1. The molecule has 0 aliphatic heterocycles. The Labute approximate surface area is 100 Å². The lowest BCUT2D eigenvalue weighted by Crippen LogP contribution is -2.10. The summed E-state index contributed by atoms with van der Waals surface area (Å²) in [6, 6.07) is 0. The molecule has 0 aromatic rings. The normalized spacial score (nSPS) is 9.71. The van der Waals surface area contributed by atoms with Crippen molar-refractivity contribution in [3.05, 3.63) is 24.3 Å². The highest BCUT2D eigenvalue weighted by Gasteiger charge is 2.09. The standard InChI is InChI=1S/C12H18O5/c1-9(11(14)15)6-8-17-12(16)10(2)5-3-4-7-13/h13H,1-8H2,(H,14,15). The lowest BCUT2D eigenvalue weighted by molar-refractivity contribution is -0.140.